The van der Waals surface area contributed by atoms with E-state index in [-0.39, 0.29) is 5.82 Å². The number of halogens is 1. The number of rotatable bonds is 2. The van der Waals surface area contributed by atoms with Crippen molar-refractivity contribution in [3.63, 3.8) is 0 Å². The Morgan fingerprint density at radius 3 is 2.63 bits per heavy atom. The summed E-state index contributed by atoms with van der Waals surface area (Å²) in [7, 11) is 0. The van der Waals surface area contributed by atoms with Crippen molar-refractivity contribution in [3.8, 4) is 0 Å². The van der Waals surface area contributed by atoms with Crippen molar-refractivity contribution in [2.75, 3.05) is 0 Å². The Kier molecular flexibility index (Phi) is 2.97. The van der Waals surface area contributed by atoms with Crippen molar-refractivity contribution in [2.24, 2.45) is 0 Å². The second kappa shape index (κ2) is 4.78. The zero-order chi connectivity index (χ0) is 13.2. The number of benzene rings is 2. The lowest BCUT2D eigenvalue weighted by Crippen LogP contribution is -2.00. The number of hydrogen-bond acceptors (Lipinski definition) is 2. The van der Waals surface area contributed by atoms with Crippen LogP contribution in [0, 0.1) is 5.82 Å². The van der Waals surface area contributed by atoms with Gasteiger partial charge in [-0.05, 0) is 29.8 Å². The molecule has 0 saturated heterocycles. The van der Waals surface area contributed by atoms with Crippen LogP contribution in [0.3, 0.4) is 0 Å². The topological polar surface area (TPSA) is 33.1 Å². The van der Waals surface area contributed by atoms with Gasteiger partial charge in [0.25, 0.3) is 0 Å². The molecular formula is C16H12FNO. The van der Waals surface area contributed by atoms with Crippen molar-refractivity contribution < 1.29 is 9.50 Å². The van der Waals surface area contributed by atoms with Crippen molar-refractivity contribution in [1.29, 1.82) is 0 Å². The maximum absolute atomic E-state index is 13.2. The van der Waals surface area contributed by atoms with Gasteiger partial charge in [-0.2, -0.15) is 0 Å². The van der Waals surface area contributed by atoms with Crippen LogP contribution in [-0.4, -0.2) is 10.1 Å². The van der Waals surface area contributed by atoms with Crippen LogP contribution in [0.4, 0.5) is 4.39 Å². The average molecular weight is 253 g/mol. The number of pyridine rings is 1. The summed E-state index contributed by atoms with van der Waals surface area (Å²) in [6, 6.07) is 15.5. The van der Waals surface area contributed by atoms with E-state index >= 15 is 0 Å². The van der Waals surface area contributed by atoms with Gasteiger partial charge in [0, 0.05) is 17.1 Å². The van der Waals surface area contributed by atoms with Crippen LogP contribution in [0.2, 0.25) is 0 Å². The number of aliphatic hydroxyl groups is 1. The Morgan fingerprint density at radius 2 is 1.79 bits per heavy atom. The van der Waals surface area contributed by atoms with Gasteiger partial charge in [-0.15, -0.1) is 0 Å². The molecule has 19 heavy (non-hydrogen) atoms. The fourth-order valence-electron chi connectivity index (χ4n) is 2.11. The Balaban J connectivity index is 2.04. The number of para-hydroxylation sites is 1. The maximum Gasteiger partial charge on any atom is 0.123 e. The minimum atomic E-state index is -0.868. The second-order valence-electron chi connectivity index (χ2n) is 4.42. The lowest BCUT2D eigenvalue weighted by Gasteiger charge is -2.11. The van der Waals surface area contributed by atoms with Gasteiger partial charge in [-0.25, -0.2) is 4.39 Å². The minimum Gasteiger partial charge on any atom is -0.384 e. The molecule has 1 heterocycles. The van der Waals surface area contributed by atoms with E-state index in [1.165, 1.54) is 12.1 Å². The predicted octanol–water partition coefficient (Wildman–Crippen LogP) is 3.46. The molecule has 0 spiro atoms. The van der Waals surface area contributed by atoms with Gasteiger partial charge >= 0.3 is 0 Å². The minimum absolute atomic E-state index is 0.356. The Labute approximate surface area is 110 Å². The summed E-state index contributed by atoms with van der Waals surface area (Å²) >= 11 is 0. The molecule has 2 aromatic carbocycles. The van der Waals surface area contributed by atoms with E-state index in [0.29, 0.717) is 11.1 Å². The van der Waals surface area contributed by atoms with E-state index in [1.54, 1.807) is 18.3 Å². The Hall–Kier alpha value is -2.26. The van der Waals surface area contributed by atoms with E-state index in [0.717, 1.165) is 10.9 Å². The lowest BCUT2D eigenvalue weighted by atomic mass is 10.0. The van der Waals surface area contributed by atoms with Crippen molar-refractivity contribution in [3.05, 3.63) is 77.7 Å². The average Bonchev–Trinajstić information content (AvgIpc) is 2.46. The summed E-state index contributed by atoms with van der Waals surface area (Å²) in [4.78, 5) is 4.30. The molecule has 0 fully saturated rings. The van der Waals surface area contributed by atoms with E-state index in [4.69, 9.17) is 0 Å². The summed E-state index contributed by atoms with van der Waals surface area (Å²) in [6.45, 7) is 0. The molecule has 3 heteroatoms. The number of fused-ring (bicyclic) bond motifs is 1. The molecule has 0 aliphatic heterocycles. The first kappa shape index (κ1) is 11.8. The molecular weight excluding hydrogens is 241 g/mol. The molecule has 0 bridgehead atoms. The zero-order valence-electron chi connectivity index (χ0n) is 10.1. The standard InChI is InChI=1S/C16H12FNO/c17-14-6-3-5-12(9-14)16(19)13-8-11-4-1-2-7-15(11)18-10-13/h1-10,16,19H. The molecule has 0 radical (unpaired) electrons. The molecule has 3 aromatic rings. The third-order valence-corrected chi connectivity index (χ3v) is 3.09. The van der Waals surface area contributed by atoms with Crippen molar-refractivity contribution >= 4 is 10.9 Å². The maximum atomic E-state index is 13.2. The van der Waals surface area contributed by atoms with Crippen LogP contribution in [0.15, 0.2) is 60.8 Å². The third-order valence-electron chi connectivity index (χ3n) is 3.09. The van der Waals surface area contributed by atoms with Gasteiger partial charge in [0.15, 0.2) is 0 Å². The molecule has 0 saturated carbocycles. The predicted molar refractivity (Wildman–Crippen MR) is 72.2 cm³/mol. The first-order valence-corrected chi connectivity index (χ1v) is 6.02. The van der Waals surface area contributed by atoms with Crippen molar-refractivity contribution in [2.45, 2.75) is 6.10 Å². The summed E-state index contributed by atoms with van der Waals surface area (Å²) in [5, 5.41) is 11.2. The largest absolute Gasteiger partial charge is 0.384 e. The van der Waals surface area contributed by atoms with E-state index in [2.05, 4.69) is 4.98 Å². The van der Waals surface area contributed by atoms with Gasteiger partial charge in [0.1, 0.15) is 11.9 Å². The van der Waals surface area contributed by atoms with E-state index < -0.39 is 6.10 Å². The fourth-order valence-corrected chi connectivity index (χ4v) is 2.11. The Morgan fingerprint density at radius 1 is 0.947 bits per heavy atom. The van der Waals surface area contributed by atoms with Crippen LogP contribution in [0.1, 0.15) is 17.2 Å². The first-order valence-electron chi connectivity index (χ1n) is 6.02. The van der Waals surface area contributed by atoms with Gasteiger partial charge in [-0.3, -0.25) is 4.98 Å². The molecule has 0 amide bonds. The lowest BCUT2D eigenvalue weighted by molar-refractivity contribution is 0.219. The van der Waals surface area contributed by atoms with Crippen LogP contribution in [0.25, 0.3) is 10.9 Å². The molecule has 1 atom stereocenters. The molecule has 1 unspecified atom stereocenters. The molecule has 1 aromatic heterocycles. The molecule has 2 nitrogen and oxygen atoms in total. The van der Waals surface area contributed by atoms with E-state index in [1.807, 2.05) is 30.3 Å². The monoisotopic (exact) mass is 253 g/mol. The number of hydrogen-bond donors (Lipinski definition) is 1. The number of aliphatic hydroxyl groups excluding tert-OH is 1. The SMILES string of the molecule is OC(c1cccc(F)c1)c1cnc2ccccc2c1. The Bertz CT molecular complexity index is 727. The summed E-state index contributed by atoms with van der Waals surface area (Å²) < 4.78 is 13.2. The van der Waals surface area contributed by atoms with E-state index in [9.17, 15) is 9.50 Å². The second-order valence-corrected chi connectivity index (χ2v) is 4.42. The van der Waals surface area contributed by atoms with Crippen molar-refractivity contribution in [1.82, 2.24) is 4.98 Å². The summed E-state index contributed by atoms with van der Waals surface area (Å²) in [5.41, 5.74) is 2.05. The van der Waals surface area contributed by atoms with Gasteiger partial charge in [-0.1, -0.05) is 30.3 Å². The first-order chi connectivity index (χ1) is 9.24. The van der Waals surface area contributed by atoms with Crippen LogP contribution >= 0.6 is 0 Å². The molecule has 1 N–H and O–H groups in total. The molecule has 94 valence electrons. The molecule has 0 aliphatic rings. The van der Waals surface area contributed by atoms with Crippen LogP contribution in [0.5, 0.6) is 0 Å². The molecule has 0 aliphatic carbocycles. The van der Waals surface area contributed by atoms with Crippen LogP contribution < -0.4 is 0 Å². The zero-order valence-corrected chi connectivity index (χ0v) is 10.1. The highest BCUT2D eigenvalue weighted by molar-refractivity contribution is 5.78. The normalized spacial score (nSPS) is 12.5. The third kappa shape index (κ3) is 2.33. The number of nitrogens with zero attached hydrogens (tertiary/aromatic N) is 1. The highest BCUT2D eigenvalue weighted by Gasteiger charge is 2.12. The highest BCUT2D eigenvalue weighted by atomic mass is 19.1. The summed E-state index contributed by atoms with van der Waals surface area (Å²) in [5.74, 6) is -0.356. The van der Waals surface area contributed by atoms with Gasteiger partial charge in [0.05, 0.1) is 5.52 Å². The summed E-state index contributed by atoms with van der Waals surface area (Å²) in [6.07, 6.45) is 0.755. The smallest absolute Gasteiger partial charge is 0.123 e. The van der Waals surface area contributed by atoms with Gasteiger partial charge < -0.3 is 5.11 Å². The quantitative estimate of drug-likeness (QED) is 0.758. The van der Waals surface area contributed by atoms with Gasteiger partial charge in [0.2, 0.25) is 0 Å². The van der Waals surface area contributed by atoms with Crippen LogP contribution in [-0.2, 0) is 0 Å². The highest BCUT2D eigenvalue weighted by Crippen LogP contribution is 2.24. The molecule has 3 rings (SSSR count). The fraction of sp³-hybridized carbons (Fsp3) is 0.0625. The number of aromatic nitrogens is 1.